The molecule has 4 rings (SSSR count). The van der Waals surface area contributed by atoms with Crippen molar-refractivity contribution in [2.24, 2.45) is 5.92 Å². The molecule has 2 aromatic rings. The first kappa shape index (κ1) is 21.5. The molecule has 1 aliphatic heterocycles. The third-order valence-electron chi connectivity index (χ3n) is 6.74. The van der Waals surface area contributed by atoms with Gasteiger partial charge in [-0.3, -0.25) is 14.6 Å². The summed E-state index contributed by atoms with van der Waals surface area (Å²) in [6.45, 7) is 6.05. The Labute approximate surface area is 185 Å². The lowest BCUT2D eigenvalue weighted by Crippen LogP contribution is -2.41. The van der Waals surface area contributed by atoms with Crippen LogP contribution in [0.3, 0.4) is 0 Å². The minimum absolute atomic E-state index is 0.0755. The number of nitrogens with zero attached hydrogens (tertiary/aromatic N) is 2. The molecule has 0 bridgehead atoms. The Morgan fingerprint density at radius 3 is 2.48 bits per heavy atom. The Morgan fingerprint density at radius 1 is 1.03 bits per heavy atom. The fraction of sp³-hybridized carbons (Fsp3) is 0.500. The summed E-state index contributed by atoms with van der Waals surface area (Å²) in [4.78, 5) is 32.6. The summed E-state index contributed by atoms with van der Waals surface area (Å²) < 4.78 is 0. The van der Waals surface area contributed by atoms with Crippen LogP contribution in [0.1, 0.15) is 77.3 Å². The van der Waals surface area contributed by atoms with Gasteiger partial charge in [0.05, 0.1) is 11.3 Å². The number of hydrogen-bond acceptors (Lipinski definition) is 3. The van der Waals surface area contributed by atoms with Crippen molar-refractivity contribution >= 4 is 11.8 Å². The number of aromatic nitrogens is 1. The number of carbonyl (C=O) groups excluding carboxylic acids is 2. The summed E-state index contributed by atoms with van der Waals surface area (Å²) in [5, 5.41) is 3.06. The number of nitrogens with one attached hydrogen (secondary N) is 1. The average Bonchev–Trinajstić information content (AvgIpc) is 3.32. The molecule has 5 nitrogen and oxygen atoms in total. The highest BCUT2D eigenvalue weighted by Gasteiger charge is 2.32. The maximum Gasteiger partial charge on any atom is 0.253 e. The molecule has 31 heavy (non-hydrogen) atoms. The molecule has 5 heteroatoms. The van der Waals surface area contributed by atoms with E-state index in [-0.39, 0.29) is 17.7 Å². The Balaban J connectivity index is 1.42. The second kappa shape index (κ2) is 9.63. The molecule has 0 atom stereocenters. The van der Waals surface area contributed by atoms with Gasteiger partial charge in [0.1, 0.15) is 0 Å². The highest BCUT2D eigenvalue weighted by molar-refractivity contribution is 5.95. The van der Waals surface area contributed by atoms with Crippen molar-refractivity contribution in [1.82, 2.24) is 15.2 Å². The number of piperidine rings is 1. The summed E-state index contributed by atoms with van der Waals surface area (Å²) in [7, 11) is 0. The first-order valence-electron chi connectivity index (χ1n) is 11.6. The van der Waals surface area contributed by atoms with E-state index in [1.807, 2.05) is 36.1 Å². The zero-order valence-corrected chi connectivity index (χ0v) is 18.7. The Kier molecular flexibility index (Phi) is 6.69. The minimum atomic E-state index is -0.0755. The van der Waals surface area contributed by atoms with Gasteiger partial charge in [-0.25, -0.2) is 0 Å². The average molecular weight is 420 g/mol. The smallest absolute Gasteiger partial charge is 0.253 e. The molecule has 1 saturated heterocycles. The van der Waals surface area contributed by atoms with Crippen molar-refractivity contribution in [2.75, 3.05) is 13.1 Å². The van der Waals surface area contributed by atoms with Crippen LogP contribution in [0.5, 0.6) is 0 Å². The molecule has 1 N–H and O–H groups in total. The van der Waals surface area contributed by atoms with E-state index in [4.69, 9.17) is 4.98 Å². The predicted molar refractivity (Wildman–Crippen MR) is 122 cm³/mol. The number of aryl methyl sites for hydroxylation is 2. The van der Waals surface area contributed by atoms with Crippen LogP contribution in [0, 0.1) is 19.8 Å². The van der Waals surface area contributed by atoms with Gasteiger partial charge < -0.3 is 10.2 Å². The molecular weight excluding hydrogens is 386 g/mol. The van der Waals surface area contributed by atoms with E-state index in [0.29, 0.717) is 18.0 Å². The first-order chi connectivity index (χ1) is 15.0. The van der Waals surface area contributed by atoms with Gasteiger partial charge in [-0.05, 0) is 57.2 Å². The molecule has 164 valence electrons. The molecule has 0 unspecified atom stereocenters. The molecule has 1 saturated carbocycles. The maximum absolute atomic E-state index is 13.0. The van der Waals surface area contributed by atoms with Gasteiger partial charge in [0.25, 0.3) is 5.91 Å². The van der Waals surface area contributed by atoms with Crippen LogP contribution in [-0.4, -0.2) is 34.8 Å². The van der Waals surface area contributed by atoms with E-state index in [1.54, 1.807) is 0 Å². The Hall–Kier alpha value is -2.69. The zero-order valence-electron chi connectivity index (χ0n) is 18.7. The number of rotatable bonds is 5. The molecule has 2 aliphatic rings. The standard InChI is InChI=1S/C26H33N3O2/c1-18-6-5-7-20(16-18)17-27-25(30)23-11-10-19(2)28-24(23)21-12-14-29(15-13-21)26(31)22-8-3-4-9-22/h5-7,10-11,16,21-22H,3-4,8-9,12-15,17H2,1-2H3,(H,27,30). The summed E-state index contributed by atoms with van der Waals surface area (Å²) in [5.74, 6) is 0.710. The Bertz CT molecular complexity index is 941. The molecule has 2 heterocycles. The summed E-state index contributed by atoms with van der Waals surface area (Å²) in [5.41, 5.74) is 4.75. The molecular formula is C26H33N3O2. The van der Waals surface area contributed by atoms with Crippen LogP contribution in [0.2, 0.25) is 0 Å². The van der Waals surface area contributed by atoms with Crippen molar-refractivity contribution in [2.45, 2.75) is 64.8 Å². The van der Waals surface area contributed by atoms with E-state index in [0.717, 1.165) is 55.7 Å². The van der Waals surface area contributed by atoms with Crippen LogP contribution in [-0.2, 0) is 11.3 Å². The maximum atomic E-state index is 13.0. The quantitative estimate of drug-likeness (QED) is 0.775. The normalized spacial score (nSPS) is 17.7. The van der Waals surface area contributed by atoms with Crippen LogP contribution in [0.15, 0.2) is 36.4 Å². The highest BCUT2D eigenvalue weighted by atomic mass is 16.2. The zero-order chi connectivity index (χ0) is 21.8. The third kappa shape index (κ3) is 5.15. The van der Waals surface area contributed by atoms with Crippen molar-refractivity contribution in [1.29, 1.82) is 0 Å². The van der Waals surface area contributed by atoms with Crippen LogP contribution < -0.4 is 5.32 Å². The van der Waals surface area contributed by atoms with Gasteiger partial charge in [0, 0.05) is 37.2 Å². The lowest BCUT2D eigenvalue weighted by Gasteiger charge is -2.34. The molecule has 1 aromatic heterocycles. The molecule has 2 fully saturated rings. The Morgan fingerprint density at radius 2 is 1.77 bits per heavy atom. The monoisotopic (exact) mass is 419 g/mol. The van der Waals surface area contributed by atoms with Gasteiger partial charge >= 0.3 is 0 Å². The van der Waals surface area contributed by atoms with Gasteiger partial charge in [0.2, 0.25) is 5.91 Å². The van der Waals surface area contributed by atoms with E-state index < -0.39 is 0 Å². The van der Waals surface area contributed by atoms with Crippen molar-refractivity contribution < 1.29 is 9.59 Å². The second-order valence-electron chi connectivity index (χ2n) is 9.14. The van der Waals surface area contributed by atoms with Gasteiger partial charge in [0.15, 0.2) is 0 Å². The molecule has 0 spiro atoms. The van der Waals surface area contributed by atoms with Crippen LogP contribution in [0.4, 0.5) is 0 Å². The molecule has 2 amide bonds. The summed E-state index contributed by atoms with van der Waals surface area (Å²) in [6.07, 6.45) is 6.19. The molecule has 0 radical (unpaired) electrons. The largest absolute Gasteiger partial charge is 0.348 e. The predicted octanol–water partition coefficient (Wildman–Crippen LogP) is 4.52. The van der Waals surface area contributed by atoms with Crippen molar-refractivity contribution in [3.63, 3.8) is 0 Å². The number of carbonyl (C=O) groups is 2. The highest BCUT2D eigenvalue weighted by Crippen LogP contribution is 2.32. The van der Waals surface area contributed by atoms with E-state index in [2.05, 4.69) is 24.4 Å². The van der Waals surface area contributed by atoms with Crippen molar-refractivity contribution in [3.05, 3.63) is 64.5 Å². The van der Waals surface area contributed by atoms with Gasteiger partial charge in [-0.15, -0.1) is 0 Å². The number of hydrogen-bond donors (Lipinski definition) is 1. The summed E-state index contributed by atoms with van der Waals surface area (Å²) in [6, 6.07) is 12.0. The molecule has 1 aromatic carbocycles. The minimum Gasteiger partial charge on any atom is -0.348 e. The number of likely N-dealkylation sites (tertiary alicyclic amines) is 1. The number of pyridine rings is 1. The van der Waals surface area contributed by atoms with E-state index >= 15 is 0 Å². The van der Waals surface area contributed by atoms with Gasteiger partial charge in [-0.2, -0.15) is 0 Å². The van der Waals surface area contributed by atoms with E-state index in [1.165, 1.54) is 18.4 Å². The lowest BCUT2D eigenvalue weighted by molar-refractivity contribution is -0.136. The number of amides is 2. The first-order valence-corrected chi connectivity index (χ1v) is 11.6. The fourth-order valence-corrected chi connectivity index (χ4v) is 4.98. The SMILES string of the molecule is Cc1cccc(CNC(=O)c2ccc(C)nc2C2CCN(C(=O)C3CCCC3)CC2)c1. The third-order valence-corrected chi connectivity index (χ3v) is 6.74. The van der Waals surface area contributed by atoms with Gasteiger partial charge in [-0.1, -0.05) is 42.7 Å². The van der Waals surface area contributed by atoms with Crippen LogP contribution in [0.25, 0.3) is 0 Å². The number of benzene rings is 1. The second-order valence-corrected chi connectivity index (χ2v) is 9.14. The van der Waals surface area contributed by atoms with Crippen LogP contribution >= 0.6 is 0 Å². The topological polar surface area (TPSA) is 62.3 Å². The fourth-order valence-electron chi connectivity index (χ4n) is 4.98. The van der Waals surface area contributed by atoms with E-state index in [9.17, 15) is 9.59 Å². The lowest BCUT2D eigenvalue weighted by atomic mass is 9.89. The molecule has 1 aliphatic carbocycles. The van der Waals surface area contributed by atoms with Crippen molar-refractivity contribution in [3.8, 4) is 0 Å². The summed E-state index contributed by atoms with van der Waals surface area (Å²) >= 11 is 0.